The van der Waals surface area contributed by atoms with Gasteiger partial charge in [-0.3, -0.25) is 4.79 Å². The Bertz CT molecular complexity index is 1190. The summed E-state index contributed by atoms with van der Waals surface area (Å²) in [6.07, 6.45) is -0.232. The molecule has 4 rings (SSSR count). The number of carboxylic acid groups (broad SMARTS) is 1. The van der Waals surface area contributed by atoms with E-state index in [9.17, 15) is 14.4 Å². The zero-order valence-electron chi connectivity index (χ0n) is 19.5. The summed E-state index contributed by atoms with van der Waals surface area (Å²) in [7, 11) is 0. The largest absolute Gasteiger partial charge is 0.476 e. The molecule has 2 aromatic carbocycles. The molecule has 0 radical (unpaired) electrons. The topological polar surface area (TPSA) is 118 Å². The third-order valence-corrected chi connectivity index (χ3v) is 6.69. The maximum atomic E-state index is 12.8. The van der Waals surface area contributed by atoms with Gasteiger partial charge in [-0.25, -0.2) is 14.6 Å². The van der Waals surface area contributed by atoms with Crippen molar-refractivity contribution in [1.82, 2.24) is 15.6 Å². The van der Waals surface area contributed by atoms with Crippen molar-refractivity contribution in [2.45, 2.75) is 38.8 Å². The van der Waals surface area contributed by atoms with Gasteiger partial charge in [0.1, 0.15) is 17.7 Å². The van der Waals surface area contributed by atoms with Crippen LogP contribution in [0.2, 0.25) is 0 Å². The maximum Gasteiger partial charge on any atom is 0.407 e. The first-order chi connectivity index (χ1) is 16.8. The van der Waals surface area contributed by atoms with Gasteiger partial charge in [-0.2, -0.15) is 0 Å². The molecule has 1 aromatic heterocycles. The van der Waals surface area contributed by atoms with Crippen LogP contribution < -0.4 is 10.6 Å². The predicted molar refractivity (Wildman–Crippen MR) is 132 cm³/mol. The molecule has 0 unspecified atom stereocenters. The second-order valence-electron chi connectivity index (χ2n) is 8.80. The molecular weight excluding hydrogens is 466 g/mol. The number of aromatic nitrogens is 1. The number of benzene rings is 2. The molecule has 2 amide bonds. The lowest BCUT2D eigenvalue weighted by atomic mass is 9.98. The van der Waals surface area contributed by atoms with Crippen LogP contribution in [-0.4, -0.2) is 40.7 Å². The molecular formula is C26H27N3O5S. The highest BCUT2D eigenvalue weighted by atomic mass is 32.1. The Morgan fingerprint density at radius 3 is 2.26 bits per heavy atom. The quantitative estimate of drug-likeness (QED) is 0.406. The average Bonchev–Trinajstić information content (AvgIpc) is 3.44. The molecule has 1 aliphatic rings. The highest BCUT2D eigenvalue weighted by Crippen LogP contribution is 2.44. The fraction of sp³-hybridized carbons (Fsp3) is 0.308. The molecule has 0 fully saturated rings. The van der Waals surface area contributed by atoms with Crippen molar-refractivity contribution < 1.29 is 24.2 Å². The average molecular weight is 494 g/mol. The summed E-state index contributed by atoms with van der Waals surface area (Å²) < 4.78 is 5.59. The van der Waals surface area contributed by atoms with Gasteiger partial charge in [0.25, 0.3) is 0 Å². The van der Waals surface area contributed by atoms with Crippen molar-refractivity contribution >= 4 is 29.3 Å². The Hall–Kier alpha value is -3.72. The summed E-state index contributed by atoms with van der Waals surface area (Å²) in [6.45, 7) is 4.16. The lowest BCUT2D eigenvalue weighted by Gasteiger charge is -2.21. The minimum atomic E-state index is -1.12. The van der Waals surface area contributed by atoms with Crippen molar-refractivity contribution in [3.05, 3.63) is 75.7 Å². The number of carbonyl (C=O) groups excluding carboxylic acids is 2. The van der Waals surface area contributed by atoms with Gasteiger partial charge in [-0.15, -0.1) is 11.3 Å². The molecule has 182 valence electrons. The van der Waals surface area contributed by atoms with E-state index in [1.165, 1.54) is 5.38 Å². The van der Waals surface area contributed by atoms with E-state index < -0.39 is 18.1 Å². The highest BCUT2D eigenvalue weighted by Gasteiger charge is 2.30. The molecule has 3 aromatic rings. The number of carboxylic acids is 1. The van der Waals surface area contributed by atoms with Crippen LogP contribution in [0.4, 0.5) is 4.79 Å². The van der Waals surface area contributed by atoms with E-state index >= 15 is 0 Å². The number of carbonyl (C=O) groups is 3. The molecule has 0 spiro atoms. The van der Waals surface area contributed by atoms with Gasteiger partial charge in [-0.1, -0.05) is 62.4 Å². The van der Waals surface area contributed by atoms with Crippen molar-refractivity contribution in [1.29, 1.82) is 0 Å². The zero-order valence-corrected chi connectivity index (χ0v) is 20.3. The molecule has 0 bridgehead atoms. The normalized spacial score (nSPS) is 13.1. The number of ether oxygens (including phenoxy) is 1. The molecule has 8 nitrogen and oxygen atoms in total. The van der Waals surface area contributed by atoms with Crippen LogP contribution in [0.25, 0.3) is 11.1 Å². The molecule has 1 aliphatic carbocycles. The first-order valence-electron chi connectivity index (χ1n) is 11.4. The Morgan fingerprint density at radius 1 is 1.06 bits per heavy atom. The van der Waals surface area contributed by atoms with E-state index in [2.05, 4.69) is 27.8 Å². The Labute approximate surface area is 207 Å². The number of hydrogen-bond donors (Lipinski definition) is 3. The van der Waals surface area contributed by atoms with Gasteiger partial charge in [0.15, 0.2) is 5.69 Å². The first kappa shape index (κ1) is 24.4. The van der Waals surface area contributed by atoms with E-state index in [1.807, 2.05) is 50.2 Å². The number of hydrogen-bond acceptors (Lipinski definition) is 6. The number of thiazole rings is 1. The maximum absolute atomic E-state index is 12.8. The third-order valence-electron chi connectivity index (χ3n) is 5.84. The van der Waals surface area contributed by atoms with Gasteiger partial charge in [-0.05, 0) is 34.6 Å². The number of nitrogens with one attached hydrogen (secondary N) is 2. The van der Waals surface area contributed by atoms with Crippen LogP contribution in [0.5, 0.6) is 0 Å². The summed E-state index contributed by atoms with van der Waals surface area (Å²) in [5, 5.41) is 16.3. The summed E-state index contributed by atoms with van der Waals surface area (Å²) in [6, 6.07) is 15.4. The van der Waals surface area contributed by atoms with E-state index in [1.54, 1.807) is 0 Å². The standard InChI is InChI=1S/C26H27N3O5S/c1-15(2)11-21(24(30)27-12-23-28-22(14-35-23)25(31)32)29-26(33)34-13-20-18-9-5-3-7-16(18)17-8-4-6-10-19(17)20/h3-10,14-15,20-21H,11-13H2,1-2H3,(H,27,30)(H,29,33)(H,31,32)/t21-/m1/s1. The Kier molecular flexibility index (Phi) is 7.45. The number of aromatic carboxylic acids is 1. The van der Waals surface area contributed by atoms with Crippen LogP contribution in [-0.2, 0) is 16.1 Å². The third kappa shape index (κ3) is 5.68. The van der Waals surface area contributed by atoms with Gasteiger partial charge in [0, 0.05) is 11.3 Å². The molecule has 0 aliphatic heterocycles. The van der Waals surface area contributed by atoms with Crippen LogP contribution in [0.15, 0.2) is 53.9 Å². The summed E-state index contributed by atoms with van der Waals surface area (Å²) >= 11 is 1.15. The number of alkyl carbamates (subject to hydrolysis) is 1. The fourth-order valence-corrected chi connectivity index (χ4v) is 4.97. The second kappa shape index (κ2) is 10.7. The van der Waals surface area contributed by atoms with E-state index in [0.29, 0.717) is 11.4 Å². The Balaban J connectivity index is 1.37. The monoisotopic (exact) mass is 493 g/mol. The molecule has 0 saturated carbocycles. The van der Waals surface area contributed by atoms with Crippen molar-refractivity contribution in [2.75, 3.05) is 6.61 Å². The second-order valence-corrected chi connectivity index (χ2v) is 9.74. The van der Waals surface area contributed by atoms with Crippen LogP contribution in [0, 0.1) is 5.92 Å². The minimum absolute atomic E-state index is 0.0604. The van der Waals surface area contributed by atoms with E-state index in [4.69, 9.17) is 9.84 Å². The number of rotatable bonds is 9. The van der Waals surface area contributed by atoms with E-state index in [0.717, 1.165) is 33.6 Å². The molecule has 9 heteroatoms. The molecule has 1 heterocycles. The van der Waals surface area contributed by atoms with Crippen molar-refractivity contribution in [3.63, 3.8) is 0 Å². The highest BCUT2D eigenvalue weighted by molar-refractivity contribution is 7.09. The van der Waals surface area contributed by atoms with Crippen molar-refractivity contribution in [2.24, 2.45) is 5.92 Å². The van der Waals surface area contributed by atoms with Crippen molar-refractivity contribution in [3.8, 4) is 11.1 Å². The smallest absolute Gasteiger partial charge is 0.407 e. The van der Waals surface area contributed by atoms with E-state index in [-0.39, 0.29) is 36.6 Å². The van der Waals surface area contributed by atoms with Gasteiger partial charge >= 0.3 is 12.1 Å². The number of nitrogens with zero attached hydrogens (tertiary/aromatic N) is 1. The van der Waals surface area contributed by atoms with Gasteiger partial charge < -0.3 is 20.5 Å². The lowest BCUT2D eigenvalue weighted by Crippen LogP contribution is -2.47. The van der Waals surface area contributed by atoms with Crippen LogP contribution >= 0.6 is 11.3 Å². The predicted octanol–water partition coefficient (Wildman–Crippen LogP) is 4.41. The summed E-state index contributed by atoms with van der Waals surface area (Å²) in [4.78, 5) is 40.4. The van der Waals surface area contributed by atoms with Gasteiger partial charge in [0.2, 0.25) is 5.91 Å². The SMILES string of the molecule is CC(C)C[C@@H](NC(=O)OCC1c2ccccc2-c2ccccc21)C(=O)NCc1nc(C(=O)O)cs1. The first-order valence-corrected chi connectivity index (χ1v) is 12.3. The Morgan fingerprint density at radius 2 is 1.69 bits per heavy atom. The molecule has 0 saturated heterocycles. The van der Waals surface area contributed by atoms with Gasteiger partial charge in [0.05, 0.1) is 6.54 Å². The molecule has 35 heavy (non-hydrogen) atoms. The summed E-state index contributed by atoms with van der Waals surface area (Å²) in [5.74, 6) is -1.41. The molecule has 3 N–H and O–H groups in total. The zero-order chi connectivity index (χ0) is 24.9. The number of fused-ring (bicyclic) bond motifs is 3. The van der Waals surface area contributed by atoms with Crippen LogP contribution in [0.1, 0.15) is 52.8 Å². The fourth-order valence-electron chi connectivity index (χ4n) is 4.26. The minimum Gasteiger partial charge on any atom is -0.476 e. The summed E-state index contributed by atoms with van der Waals surface area (Å²) in [5.41, 5.74) is 4.45. The lowest BCUT2D eigenvalue weighted by molar-refractivity contribution is -0.123. The number of amides is 2. The molecule has 1 atom stereocenters. The van der Waals surface area contributed by atoms with Crippen LogP contribution in [0.3, 0.4) is 0 Å².